The van der Waals surface area contributed by atoms with Gasteiger partial charge in [-0.3, -0.25) is 14.9 Å². The van der Waals surface area contributed by atoms with Gasteiger partial charge in [0.05, 0.1) is 24.7 Å². The van der Waals surface area contributed by atoms with Gasteiger partial charge in [-0.05, 0) is 38.0 Å². The average molecular weight is 433 g/mol. The molecule has 164 valence electrons. The number of esters is 1. The Morgan fingerprint density at radius 1 is 1.33 bits per heavy atom. The van der Waals surface area contributed by atoms with Gasteiger partial charge in [-0.1, -0.05) is 30.3 Å². The molecule has 2 fully saturated rings. The summed E-state index contributed by atoms with van der Waals surface area (Å²) in [5, 5.41) is 7.50. The molecule has 2 heterocycles. The van der Waals surface area contributed by atoms with Crippen LogP contribution < -0.4 is 10.6 Å². The molecule has 2 unspecified atom stereocenters. The lowest BCUT2D eigenvalue weighted by Crippen LogP contribution is -2.60. The smallest absolute Gasteiger partial charge is 0.307 e. The van der Waals surface area contributed by atoms with Crippen LogP contribution in [0.4, 0.5) is 0 Å². The molecule has 0 aromatic heterocycles. The maximum Gasteiger partial charge on any atom is 0.307 e. The molecule has 30 heavy (non-hydrogen) atoms. The van der Waals surface area contributed by atoms with E-state index in [0.29, 0.717) is 18.1 Å². The molecule has 1 aromatic carbocycles. The third-order valence-electron chi connectivity index (χ3n) is 6.02. The molecule has 1 spiro atoms. The van der Waals surface area contributed by atoms with Crippen LogP contribution in [0.2, 0.25) is 0 Å². The first-order chi connectivity index (χ1) is 14.3. The van der Waals surface area contributed by atoms with Crippen molar-refractivity contribution in [3.8, 4) is 0 Å². The highest BCUT2D eigenvalue weighted by Gasteiger charge is 2.49. The topological polar surface area (TPSA) is 73.9 Å². The van der Waals surface area contributed by atoms with Gasteiger partial charge in [0, 0.05) is 39.0 Å². The van der Waals surface area contributed by atoms with Gasteiger partial charge in [0.15, 0.2) is 5.11 Å². The zero-order valence-electron chi connectivity index (χ0n) is 18.0. The third kappa shape index (κ3) is 5.10. The van der Waals surface area contributed by atoms with Gasteiger partial charge in [-0.15, -0.1) is 0 Å². The Kier molecular flexibility index (Phi) is 7.31. The van der Waals surface area contributed by atoms with Crippen molar-refractivity contribution in [2.75, 3.05) is 26.7 Å². The number of rotatable bonds is 6. The molecule has 8 heteroatoms. The summed E-state index contributed by atoms with van der Waals surface area (Å²) in [6, 6.07) is 9.83. The van der Waals surface area contributed by atoms with E-state index in [1.165, 1.54) is 0 Å². The molecule has 2 aliphatic rings. The summed E-state index contributed by atoms with van der Waals surface area (Å²) in [5.41, 5.74) is 0.839. The molecular formula is C22H32N4O3S. The number of carbonyl (C=O) groups excluding carboxylic acids is 2. The highest BCUT2D eigenvalue weighted by atomic mass is 32.1. The zero-order valence-corrected chi connectivity index (χ0v) is 18.8. The van der Waals surface area contributed by atoms with Crippen molar-refractivity contribution < 1.29 is 14.3 Å². The molecule has 0 aliphatic carbocycles. The van der Waals surface area contributed by atoms with Gasteiger partial charge in [-0.25, -0.2) is 0 Å². The minimum atomic E-state index is -0.320. The van der Waals surface area contributed by atoms with Gasteiger partial charge in [0.25, 0.3) is 0 Å². The molecule has 7 nitrogen and oxygen atoms in total. The Hall–Kier alpha value is -2.19. The van der Waals surface area contributed by atoms with Crippen molar-refractivity contribution in [2.45, 2.75) is 57.3 Å². The maximum absolute atomic E-state index is 12.9. The Morgan fingerprint density at radius 2 is 2.00 bits per heavy atom. The quantitative estimate of drug-likeness (QED) is 0.523. The van der Waals surface area contributed by atoms with Gasteiger partial charge in [-0.2, -0.15) is 0 Å². The Bertz CT molecular complexity index is 765. The lowest BCUT2D eigenvalue weighted by atomic mass is 9.96. The summed E-state index contributed by atoms with van der Waals surface area (Å²) < 4.78 is 5.00. The van der Waals surface area contributed by atoms with E-state index in [2.05, 4.69) is 27.7 Å². The molecule has 1 amide bonds. The number of nitrogens with zero attached hydrogens (tertiary/aromatic N) is 2. The maximum atomic E-state index is 12.9. The van der Waals surface area contributed by atoms with Gasteiger partial charge in [0.2, 0.25) is 5.91 Å². The first-order valence-corrected chi connectivity index (χ1v) is 11.1. The van der Waals surface area contributed by atoms with Crippen molar-refractivity contribution in [3.63, 3.8) is 0 Å². The number of hydrogen-bond donors (Lipinski definition) is 2. The predicted octanol–water partition coefficient (Wildman–Crippen LogP) is 1.67. The zero-order chi connectivity index (χ0) is 21.7. The van der Waals surface area contributed by atoms with E-state index in [1.54, 1.807) is 6.92 Å². The van der Waals surface area contributed by atoms with Gasteiger partial charge in [0.1, 0.15) is 0 Å². The fourth-order valence-electron chi connectivity index (χ4n) is 4.30. The largest absolute Gasteiger partial charge is 0.466 e. The van der Waals surface area contributed by atoms with Crippen LogP contribution in [0, 0.1) is 0 Å². The molecule has 3 rings (SSSR count). The van der Waals surface area contributed by atoms with Crippen LogP contribution >= 0.6 is 12.2 Å². The number of ether oxygens (including phenoxy) is 1. The van der Waals surface area contributed by atoms with Crippen LogP contribution in [0.25, 0.3) is 0 Å². The lowest BCUT2D eigenvalue weighted by molar-refractivity contribution is -0.143. The summed E-state index contributed by atoms with van der Waals surface area (Å²) in [4.78, 5) is 28.5. The van der Waals surface area contributed by atoms with Gasteiger partial charge >= 0.3 is 5.97 Å². The highest BCUT2D eigenvalue weighted by molar-refractivity contribution is 7.80. The second-order valence-corrected chi connectivity index (χ2v) is 8.55. The average Bonchev–Trinajstić information content (AvgIpc) is 2.94. The molecule has 2 N–H and O–H groups in total. The van der Waals surface area contributed by atoms with Crippen molar-refractivity contribution >= 4 is 29.2 Å². The minimum absolute atomic E-state index is 0.0865. The Labute approximate surface area is 184 Å². The molecular weight excluding hydrogens is 400 g/mol. The number of nitrogens with one attached hydrogen (secondary N) is 2. The van der Waals surface area contributed by atoms with Crippen molar-refractivity contribution in [1.82, 2.24) is 20.4 Å². The van der Waals surface area contributed by atoms with Crippen LogP contribution in [-0.2, 0) is 20.7 Å². The van der Waals surface area contributed by atoms with Crippen molar-refractivity contribution in [3.05, 3.63) is 35.9 Å². The number of likely N-dealkylation sites (N-methyl/N-ethyl adjacent to an activating group) is 1. The van der Waals surface area contributed by atoms with Crippen LogP contribution in [0.15, 0.2) is 30.3 Å². The second kappa shape index (κ2) is 9.75. The van der Waals surface area contributed by atoms with Crippen LogP contribution in [0.1, 0.15) is 38.7 Å². The van der Waals surface area contributed by atoms with Crippen LogP contribution in [0.3, 0.4) is 0 Å². The SMILES string of the molecule is CCOC(=O)CC(C)NC(=S)N1CCC2(CC1)NC(Cc1ccccc1)C(=O)N2C. The number of thiocarbonyl (C=S) groups is 1. The summed E-state index contributed by atoms with van der Waals surface area (Å²) in [6.45, 7) is 5.61. The first kappa shape index (κ1) is 22.5. The molecule has 1 aromatic rings. The van der Waals surface area contributed by atoms with Crippen molar-refractivity contribution in [1.29, 1.82) is 0 Å². The number of piperidine rings is 1. The molecule has 2 aliphatic heterocycles. The predicted molar refractivity (Wildman–Crippen MR) is 120 cm³/mol. The Morgan fingerprint density at radius 3 is 2.63 bits per heavy atom. The molecule has 2 atom stereocenters. The molecule has 0 bridgehead atoms. The first-order valence-electron chi connectivity index (χ1n) is 10.6. The van der Waals surface area contributed by atoms with E-state index in [-0.39, 0.29) is 36.0 Å². The van der Waals surface area contributed by atoms with E-state index >= 15 is 0 Å². The van der Waals surface area contributed by atoms with E-state index in [1.807, 2.05) is 37.1 Å². The fourth-order valence-corrected chi connectivity index (χ4v) is 4.68. The van der Waals surface area contributed by atoms with Gasteiger partial charge < -0.3 is 19.9 Å². The third-order valence-corrected chi connectivity index (χ3v) is 6.40. The van der Waals surface area contributed by atoms with E-state index in [4.69, 9.17) is 17.0 Å². The summed E-state index contributed by atoms with van der Waals surface area (Å²) in [7, 11) is 1.90. The highest BCUT2D eigenvalue weighted by Crippen LogP contribution is 2.32. The summed E-state index contributed by atoms with van der Waals surface area (Å²) in [6.07, 6.45) is 2.58. The van der Waals surface area contributed by atoms with Crippen molar-refractivity contribution in [2.24, 2.45) is 0 Å². The summed E-state index contributed by atoms with van der Waals surface area (Å²) in [5.74, 6) is -0.0753. The second-order valence-electron chi connectivity index (χ2n) is 8.16. The van der Waals surface area contributed by atoms with E-state index in [9.17, 15) is 9.59 Å². The molecule has 0 radical (unpaired) electrons. The number of carbonyl (C=O) groups is 2. The molecule has 0 saturated carbocycles. The number of benzene rings is 1. The lowest BCUT2D eigenvalue weighted by Gasteiger charge is -2.44. The molecule has 2 saturated heterocycles. The summed E-state index contributed by atoms with van der Waals surface area (Å²) >= 11 is 5.56. The van der Waals surface area contributed by atoms with E-state index in [0.717, 1.165) is 31.5 Å². The van der Waals surface area contributed by atoms with Crippen LogP contribution in [-0.4, -0.2) is 71.3 Å². The number of amides is 1. The standard InChI is InChI=1S/C22H32N4O3S/c1-4-29-19(27)14-16(2)23-21(30)26-12-10-22(11-13-26)24-18(20(28)25(22)3)15-17-8-6-5-7-9-17/h5-9,16,18,24H,4,10-15H2,1-3H3,(H,23,30). The monoisotopic (exact) mass is 432 g/mol. The number of likely N-dealkylation sites (tertiary alicyclic amines) is 1. The van der Waals surface area contributed by atoms with E-state index < -0.39 is 0 Å². The van der Waals surface area contributed by atoms with Crippen LogP contribution in [0.5, 0.6) is 0 Å². The minimum Gasteiger partial charge on any atom is -0.466 e. The normalized spacial score (nSPS) is 21.6. The Balaban J connectivity index is 1.53. The fraction of sp³-hybridized carbons (Fsp3) is 0.591. The number of hydrogen-bond acceptors (Lipinski definition) is 5.